The van der Waals surface area contributed by atoms with E-state index in [9.17, 15) is 18.7 Å². The van der Waals surface area contributed by atoms with E-state index in [0.717, 1.165) is 31.4 Å². The van der Waals surface area contributed by atoms with Gasteiger partial charge in [0.1, 0.15) is 11.6 Å². The number of anilines is 1. The van der Waals surface area contributed by atoms with Gasteiger partial charge in [-0.1, -0.05) is 75.1 Å². The van der Waals surface area contributed by atoms with E-state index in [2.05, 4.69) is 37.3 Å². The molecule has 1 aliphatic heterocycles. The Bertz CT molecular complexity index is 1130. The van der Waals surface area contributed by atoms with Crippen LogP contribution in [0.4, 0.5) is 14.5 Å². The first-order valence-corrected chi connectivity index (χ1v) is 14.0. The third-order valence-electron chi connectivity index (χ3n) is 7.94. The van der Waals surface area contributed by atoms with E-state index in [0.29, 0.717) is 24.3 Å². The molecule has 202 valence electrons. The molecular formula is C33H39F2NO2. The first kappa shape index (κ1) is 28.0. The molecule has 1 heterocycles. The molecule has 0 saturated carbocycles. The fourth-order valence-corrected chi connectivity index (χ4v) is 5.76. The van der Waals surface area contributed by atoms with Crippen LogP contribution >= 0.6 is 0 Å². The summed E-state index contributed by atoms with van der Waals surface area (Å²) in [4.78, 5) is 15.0. The summed E-state index contributed by atoms with van der Waals surface area (Å²) >= 11 is 0. The molecule has 0 bridgehead atoms. The first-order chi connectivity index (χ1) is 18.5. The number of halogens is 2. The molecular weight excluding hydrogens is 480 g/mol. The Morgan fingerprint density at radius 1 is 0.763 bits per heavy atom. The van der Waals surface area contributed by atoms with E-state index in [1.54, 1.807) is 29.2 Å². The zero-order valence-corrected chi connectivity index (χ0v) is 22.2. The largest absolute Gasteiger partial charge is 0.388 e. The second-order valence-electron chi connectivity index (χ2n) is 10.5. The second-order valence-corrected chi connectivity index (χ2v) is 10.5. The van der Waals surface area contributed by atoms with E-state index >= 15 is 0 Å². The number of amides is 1. The average Bonchev–Trinajstić information content (AvgIpc) is 2.94. The number of benzene rings is 3. The smallest absolute Gasteiger partial charge is 0.232 e. The lowest BCUT2D eigenvalue weighted by molar-refractivity contribution is -0.131. The molecule has 38 heavy (non-hydrogen) atoms. The summed E-state index contributed by atoms with van der Waals surface area (Å²) in [7, 11) is 0. The predicted octanol–water partition coefficient (Wildman–Crippen LogP) is 8.34. The van der Waals surface area contributed by atoms with Crippen molar-refractivity contribution in [2.45, 2.75) is 82.8 Å². The summed E-state index contributed by atoms with van der Waals surface area (Å²) in [6.07, 6.45) is 7.91. The van der Waals surface area contributed by atoms with Crippen molar-refractivity contribution in [1.82, 2.24) is 0 Å². The first-order valence-electron chi connectivity index (χ1n) is 14.0. The van der Waals surface area contributed by atoms with Crippen LogP contribution in [0.5, 0.6) is 0 Å². The summed E-state index contributed by atoms with van der Waals surface area (Å²) in [5, 5.41) is 10.6. The predicted molar refractivity (Wildman–Crippen MR) is 149 cm³/mol. The highest BCUT2D eigenvalue weighted by Gasteiger charge is 2.47. The van der Waals surface area contributed by atoms with Crippen molar-refractivity contribution in [3.05, 3.63) is 102 Å². The highest BCUT2D eigenvalue weighted by molar-refractivity contribution is 6.02. The summed E-state index contributed by atoms with van der Waals surface area (Å²) in [6.45, 7) is 2.23. The Labute approximate surface area is 225 Å². The number of aliphatic hydroxyl groups is 1. The lowest BCUT2D eigenvalue weighted by Gasteiger charge is -2.48. The molecule has 5 heteroatoms. The maximum Gasteiger partial charge on any atom is 0.232 e. The fraction of sp³-hybridized carbons (Fsp3) is 0.424. The minimum atomic E-state index is -0.742. The van der Waals surface area contributed by atoms with E-state index < -0.39 is 6.10 Å². The van der Waals surface area contributed by atoms with Gasteiger partial charge in [0.05, 0.1) is 12.0 Å². The molecule has 4 atom stereocenters. The van der Waals surface area contributed by atoms with Crippen LogP contribution in [-0.2, 0) is 4.79 Å². The van der Waals surface area contributed by atoms with Gasteiger partial charge < -0.3 is 10.0 Å². The van der Waals surface area contributed by atoms with Crippen LogP contribution in [0.2, 0.25) is 0 Å². The highest BCUT2D eigenvalue weighted by atomic mass is 19.1. The van der Waals surface area contributed by atoms with Crippen LogP contribution in [0.25, 0.3) is 0 Å². The van der Waals surface area contributed by atoms with Gasteiger partial charge in [-0.25, -0.2) is 8.78 Å². The third kappa shape index (κ3) is 7.08. The molecule has 1 aliphatic rings. The van der Waals surface area contributed by atoms with Gasteiger partial charge in [0.2, 0.25) is 5.91 Å². The standard InChI is InChI=1S/C33H39F2NO2/c1-2-3-9-24(25-10-5-4-6-11-25)12-7-8-13-31-30(22-23-32(37)26-14-16-27(34)17-15-26)33(38)36(31)29-20-18-28(35)19-21-29/h4-6,10-11,14-21,24,30-32,37H,2-3,7-9,12-13,22-23H2,1H3/t24?,30-,31-,32+/m1/s1. The maximum absolute atomic E-state index is 13.5. The van der Waals surface area contributed by atoms with Crippen LogP contribution < -0.4 is 4.90 Å². The monoisotopic (exact) mass is 519 g/mol. The van der Waals surface area contributed by atoms with Crippen molar-refractivity contribution in [3.8, 4) is 0 Å². The van der Waals surface area contributed by atoms with Crippen molar-refractivity contribution in [3.63, 3.8) is 0 Å². The summed E-state index contributed by atoms with van der Waals surface area (Å²) in [6, 6.07) is 22.7. The van der Waals surface area contributed by atoms with E-state index in [1.165, 1.54) is 49.1 Å². The van der Waals surface area contributed by atoms with Gasteiger partial charge in [0.25, 0.3) is 0 Å². The third-order valence-corrected chi connectivity index (χ3v) is 7.94. The molecule has 4 rings (SSSR count). The minimum Gasteiger partial charge on any atom is -0.388 e. The SMILES string of the molecule is CCCCC(CCCC[C@@H]1[C@@H](CC[C@H](O)c2ccc(F)cc2)C(=O)N1c1ccc(F)cc1)c1ccccc1. The maximum atomic E-state index is 13.5. The molecule has 0 spiro atoms. The molecule has 0 radical (unpaired) electrons. The molecule has 1 amide bonds. The van der Waals surface area contributed by atoms with Gasteiger partial charge >= 0.3 is 0 Å². The Morgan fingerprint density at radius 3 is 2.05 bits per heavy atom. The normalized spacial score (nSPS) is 18.7. The van der Waals surface area contributed by atoms with Crippen molar-refractivity contribution in [1.29, 1.82) is 0 Å². The van der Waals surface area contributed by atoms with Crippen LogP contribution in [0.15, 0.2) is 78.9 Å². The number of rotatable bonds is 14. The van der Waals surface area contributed by atoms with Gasteiger partial charge in [-0.05, 0) is 85.5 Å². The number of hydrogen-bond acceptors (Lipinski definition) is 2. The lowest BCUT2D eigenvalue weighted by atomic mass is 9.79. The second kappa shape index (κ2) is 13.7. The van der Waals surface area contributed by atoms with Crippen LogP contribution in [0, 0.1) is 17.6 Å². The molecule has 3 aromatic carbocycles. The minimum absolute atomic E-state index is 0.0259. The molecule has 1 unspecified atom stereocenters. The average molecular weight is 520 g/mol. The van der Waals surface area contributed by atoms with E-state index in [1.807, 2.05) is 0 Å². The lowest BCUT2D eigenvalue weighted by Crippen LogP contribution is -2.61. The zero-order chi connectivity index (χ0) is 26.9. The van der Waals surface area contributed by atoms with Crippen LogP contribution in [0.1, 0.15) is 87.9 Å². The molecule has 3 aromatic rings. The number of carbonyl (C=O) groups excluding carboxylic acids is 1. The van der Waals surface area contributed by atoms with Gasteiger partial charge in [0.15, 0.2) is 0 Å². The number of unbranched alkanes of at least 4 members (excludes halogenated alkanes) is 2. The van der Waals surface area contributed by atoms with E-state index in [-0.39, 0.29) is 29.5 Å². The zero-order valence-electron chi connectivity index (χ0n) is 22.2. The number of carbonyl (C=O) groups is 1. The quantitative estimate of drug-likeness (QED) is 0.172. The summed E-state index contributed by atoms with van der Waals surface area (Å²) in [5.74, 6) is -0.266. The fourth-order valence-electron chi connectivity index (χ4n) is 5.76. The number of nitrogens with zero attached hydrogens (tertiary/aromatic N) is 1. The Morgan fingerprint density at radius 2 is 1.39 bits per heavy atom. The Balaban J connectivity index is 1.38. The molecule has 1 N–H and O–H groups in total. The van der Waals surface area contributed by atoms with Gasteiger partial charge in [0, 0.05) is 11.7 Å². The molecule has 0 aromatic heterocycles. The number of hydrogen-bond donors (Lipinski definition) is 1. The molecule has 1 fully saturated rings. The van der Waals surface area contributed by atoms with Crippen LogP contribution in [-0.4, -0.2) is 17.1 Å². The van der Waals surface area contributed by atoms with Gasteiger partial charge in [-0.3, -0.25) is 4.79 Å². The van der Waals surface area contributed by atoms with Crippen molar-refractivity contribution in [2.75, 3.05) is 4.90 Å². The Hall–Kier alpha value is -3.05. The summed E-state index contributed by atoms with van der Waals surface area (Å²) < 4.78 is 26.8. The van der Waals surface area contributed by atoms with Crippen molar-refractivity contribution >= 4 is 11.6 Å². The van der Waals surface area contributed by atoms with Gasteiger partial charge in [-0.2, -0.15) is 0 Å². The molecule has 1 saturated heterocycles. The number of β-lactam (4-membered cyclic amide) rings is 1. The topological polar surface area (TPSA) is 40.5 Å². The van der Waals surface area contributed by atoms with Crippen LogP contribution in [0.3, 0.4) is 0 Å². The van der Waals surface area contributed by atoms with Crippen molar-refractivity contribution in [2.24, 2.45) is 5.92 Å². The molecule has 0 aliphatic carbocycles. The van der Waals surface area contributed by atoms with Crippen molar-refractivity contribution < 1.29 is 18.7 Å². The highest BCUT2D eigenvalue weighted by Crippen LogP contribution is 2.40. The van der Waals surface area contributed by atoms with E-state index in [4.69, 9.17) is 0 Å². The molecule has 3 nitrogen and oxygen atoms in total. The Kier molecular flexibility index (Phi) is 10.1. The number of aliphatic hydroxyl groups excluding tert-OH is 1. The van der Waals surface area contributed by atoms with Gasteiger partial charge in [-0.15, -0.1) is 0 Å². The summed E-state index contributed by atoms with van der Waals surface area (Å²) in [5.41, 5.74) is 2.78.